The van der Waals surface area contributed by atoms with E-state index in [1.54, 1.807) is 7.11 Å². The topological polar surface area (TPSA) is 36.9 Å². The molecule has 1 heterocycles. The molecule has 0 aromatic heterocycles. The van der Waals surface area contributed by atoms with Gasteiger partial charge in [-0.15, -0.1) is 0 Å². The van der Waals surface area contributed by atoms with Gasteiger partial charge in [0, 0.05) is 11.5 Å². The summed E-state index contributed by atoms with van der Waals surface area (Å²) in [5, 5.41) is 0. The van der Waals surface area contributed by atoms with Crippen molar-refractivity contribution in [2.45, 2.75) is 104 Å². The van der Waals surface area contributed by atoms with Gasteiger partial charge < -0.3 is 18.6 Å². The molecule has 1 fully saturated rings. The molecule has 0 amide bonds. The van der Waals surface area contributed by atoms with Gasteiger partial charge in [-0.05, 0) is 42.6 Å². The van der Waals surface area contributed by atoms with Crippen LogP contribution in [0.2, 0.25) is 16.6 Å². The highest BCUT2D eigenvalue weighted by Crippen LogP contribution is 2.46. The molecule has 0 N–H and O–H groups in total. The van der Waals surface area contributed by atoms with E-state index in [0.29, 0.717) is 16.6 Å². The van der Waals surface area contributed by atoms with Gasteiger partial charge in [0.05, 0.1) is 25.4 Å². The lowest BCUT2D eigenvalue weighted by atomic mass is 9.91. The Labute approximate surface area is 191 Å². The Balaban J connectivity index is 2.26. The molecule has 1 aromatic rings. The van der Waals surface area contributed by atoms with Gasteiger partial charge in [0.2, 0.25) is 8.32 Å². The van der Waals surface area contributed by atoms with Crippen LogP contribution in [0.5, 0.6) is 5.75 Å². The normalized spacial score (nSPS) is 24.1. The van der Waals surface area contributed by atoms with E-state index in [-0.39, 0.29) is 30.5 Å². The largest absolute Gasteiger partial charge is 0.497 e. The fourth-order valence-corrected chi connectivity index (χ4v) is 11.2. The van der Waals surface area contributed by atoms with E-state index in [0.717, 1.165) is 16.9 Å². The molecule has 1 aliphatic heterocycles. The Bertz CT molecular complexity index is 691. The summed E-state index contributed by atoms with van der Waals surface area (Å²) in [7, 11) is -0.381. The van der Waals surface area contributed by atoms with E-state index in [4.69, 9.17) is 18.6 Å². The molecule has 2 rings (SSSR count). The van der Waals surface area contributed by atoms with E-state index >= 15 is 0 Å². The maximum absolute atomic E-state index is 7.16. The first-order valence-electron chi connectivity index (χ1n) is 11.7. The minimum Gasteiger partial charge on any atom is -0.497 e. The SMILES string of the molecule is C=C(C)[C@H](O[Si](C(C)C)(C(C)C)C(C)C)[C@@H](C)[C@@H]1OC(c2ccc(OC)cc2)O[C@H]1C. The summed E-state index contributed by atoms with van der Waals surface area (Å²) < 4.78 is 25.1. The minimum atomic E-state index is -2.05. The van der Waals surface area contributed by atoms with Crippen LogP contribution in [0.3, 0.4) is 0 Å². The zero-order chi connectivity index (χ0) is 23.5. The lowest BCUT2D eigenvalue weighted by Gasteiger charge is -2.46. The molecule has 0 radical (unpaired) electrons. The van der Waals surface area contributed by atoms with Gasteiger partial charge in [0.1, 0.15) is 5.75 Å². The first-order valence-corrected chi connectivity index (χ1v) is 13.9. The molecular weight excluding hydrogens is 404 g/mol. The Morgan fingerprint density at radius 2 is 1.45 bits per heavy atom. The lowest BCUT2D eigenvalue weighted by molar-refractivity contribution is -0.0786. The highest BCUT2D eigenvalue weighted by Gasteiger charge is 2.49. The molecule has 31 heavy (non-hydrogen) atoms. The second kappa shape index (κ2) is 10.6. The maximum atomic E-state index is 7.16. The second-order valence-corrected chi connectivity index (χ2v) is 15.5. The third-order valence-electron chi connectivity index (χ3n) is 6.99. The van der Waals surface area contributed by atoms with Gasteiger partial charge in [-0.25, -0.2) is 0 Å². The number of hydrogen-bond donors (Lipinski definition) is 0. The van der Waals surface area contributed by atoms with Crippen LogP contribution >= 0.6 is 0 Å². The summed E-state index contributed by atoms with van der Waals surface area (Å²) in [6.45, 7) is 24.7. The lowest BCUT2D eigenvalue weighted by Crippen LogP contribution is -2.53. The first kappa shape index (κ1) is 26.1. The monoisotopic (exact) mass is 448 g/mol. The fourth-order valence-electron chi connectivity index (χ4n) is 5.48. The van der Waals surface area contributed by atoms with Gasteiger partial charge in [-0.3, -0.25) is 0 Å². The zero-order valence-corrected chi connectivity index (χ0v) is 22.3. The Hall–Kier alpha value is -1.14. The van der Waals surface area contributed by atoms with Gasteiger partial charge >= 0.3 is 0 Å². The van der Waals surface area contributed by atoms with Crippen molar-refractivity contribution in [3.8, 4) is 5.75 Å². The quantitative estimate of drug-likeness (QED) is 0.278. The Morgan fingerprint density at radius 1 is 0.935 bits per heavy atom. The van der Waals surface area contributed by atoms with E-state index in [1.807, 2.05) is 24.3 Å². The van der Waals surface area contributed by atoms with Crippen molar-refractivity contribution in [1.82, 2.24) is 0 Å². The van der Waals surface area contributed by atoms with Crippen molar-refractivity contribution >= 4 is 8.32 Å². The molecule has 5 heteroatoms. The van der Waals surface area contributed by atoms with Crippen LogP contribution in [-0.4, -0.2) is 33.7 Å². The predicted octanol–water partition coefficient (Wildman–Crippen LogP) is 7.27. The summed E-state index contributed by atoms with van der Waals surface area (Å²) in [4.78, 5) is 0. The van der Waals surface area contributed by atoms with Crippen LogP contribution < -0.4 is 4.74 Å². The molecule has 0 spiro atoms. The second-order valence-electron chi connectivity index (χ2n) is 10.1. The molecule has 0 bridgehead atoms. The summed E-state index contributed by atoms with van der Waals surface area (Å²) in [6.07, 6.45) is -0.515. The van der Waals surface area contributed by atoms with E-state index in [1.165, 1.54) is 0 Å². The molecule has 0 saturated carbocycles. The summed E-state index contributed by atoms with van der Waals surface area (Å²) in [5.41, 5.74) is 3.63. The molecule has 1 aromatic carbocycles. The van der Waals surface area contributed by atoms with Gasteiger partial charge in [-0.1, -0.05) is 72.8 Å². The molecular formula is C26H44O4Si. The summed E-state index contributed by atoms with van der Waals surface area (Å²) in [6, 6.07) is 7.89. The highest BCUT2D eigenvalue weighted by molar-refractivity contribution is 6.77. The average Bonchev–Trinajstić information content (AvgIpc) is 3.08. The van der Waals surface area contributed by atoms with Crippen LogP contribution in [0.4, 0.5) is 0 Å². The summed E-state index contributed by atoms with van der Waals surface area (Å²) in [5.74, 6) is 0.965. The number of ether oxygens (including phenoxy) is 3. The Kier molecular flexibility index (Phi) is 8.97. The van der Waals surface area contributed by atoms with Crippen molar-refractivity contribution in [2.24, 2.45) is 5.92 Å². The van der Waals surface area contributed by atoms with Crippen LogP contribution in [-0.2, 0) is 13.9 Å². The van der Waals surface area contributed by atoms with Gasteiger partial charge in [-0.2, -0.15) is 0 Å². The molecule has 1 aliphatic rings. The molecule has 1 unspecified atom stereocenters. The van der Waals surface area contributed by atoms with Crippen LogP contribution in [0.15, 0.2) is 36.4 Å². The Morgan fingerprint density at radius 3 is 1.87 bits per heavy atom. The zero-order valence-electron chi connectivity index (χ0n) is 21.3. The maximum Gasteiger partial charge on any atom is 0.201 e. The van der Waals surface area contributed by atoms with Crippen LogP contribution in [0.1, 0.15) is 74.2 Å². The smallest absolute Gasteiger partial charge is 0.201 e. The number of benzene rings is 1. The molecule has 1 saturated heterocycles. The van der Waals surface area contributed by atoms with E-state index in [2.05, 4.69) is 68.9 Å². The van der Waals surface area contributed by atoms with Crippen LogP contribution in [0.25, 0.3) is 0 Å². The molecule has 176 valence electrons. The number of hydrogen-bond acceptors (Lipinski definition) is 4. The van der Waals surface area contributed by atoms with Crippen molar-refractivity contribution in [1.29, 1.82) is 0 Å². The van der Waals surface area contributed by atoms with Crippen molar-refractivity contribution in [3.63, 3.8) is 0 Å². The predicted molar refractivity (Wildman–Crippen MR) is 131 cm³/mol. The molecule has 4 nitrogen and oxygen atoms in total. The minimum absolute atomic E-state index is 0.0271. The van der Waals surface area contributed by atoms with Gasteiger partial charge in [0.15, 0.2) is 6.29 Å². The number of methoxy groups -OCH3 is 1. The fraction of sp³-hybridized carbons (Fsp3) is 0.692. The van der Waals surface area contributed by atoms with Crippen molar-refractivity contribution in [3.05, 3.63) is 42.0 Å². The third-order valence-corrected chi connectivity index (χ3v) is 13.1. The van der Waals surface area contributed by atoms with Crippen molar-refractivity contribution in [2.75, 3.05) is 7.11 Å². The van der Waals surface area contributed by atoms with E-state index < -0.39 is 8.32 Å². The highest BCUT2D eigenvalue weighted by atomic mass is 28.4. The van der Waals surface area contributed by atoms with Gasteiger partial charge in [0.25, 0.3) is 0 Å². The third kappa shape index (κ3) is 5.44. The summed E-state index contributed by atoms with van der Waals surface area (Å²) >= 11 is 0. The standard InChI is InChI=1S/C26H44O4Si/c1-16(2)24(30-31(17(3)4,18(5)6)19(7)8)20(9)25-21(10)28-26(29-25)22-12-14-23(27-11)15-13-22/h12-15,17-21,24-26H,1H2,2-11H3/t20-,21+,24+,25+,26?/m1/s1. The number of rotatable bonds is 10. The molecule has 5 atom stereocenters. The van der Waals surface area contributed by atoms with Crippen molar-refractivity contribution < 1.29 is 18.6 Å². The van der Waals surface area contributed by atoms with E-state index in [9.17, 15) is 0 Å². The molecule has 0 aliphatic carbocycles. The first-order chi connectivity index (χ1) is 14.4. The average molecular weight is 449 g/mol. The van der Waals surface area contributed by atoms with Crippen LogP contribution in [0, 0.1) is 5.92 Å².